The van der Waals surface area contributed by atoms with Crippen molar-refractivity contribution < 1.29 is 0 Å². The Kier molecular flexibility index (Phi) is 4.41. The molecule has 2 rings (SSSR count). The molecule has 0 aliphatic carbocycles. The summed E-state index contributed by atoms with van der Waals surface area (Å²) in [4.78, 5) is 4.61. The van der Waals surface area contributed by atoms with E-state index in [0.29, 0.717) is 12.6 Å². The Morgan fingerprint density at radius 3 is 2.68 bits per heavy atom. The minimum absolute atomic E-state index is 0.479. The normalized spacial score (nSPS) is 17.2. The molecule has 0 bridgehead atoms. The average molecular weight is 258 g/mol. The summed E-state index contributed by atoms with van der Waals surface area (Å²) in [6, 6.07) is 8.76. The van der Waals surface area contributed by atoms with Crippen molar-refractivity contribution in [3.63, 3.8) is 0 Å². The van der Waals surface area contributed by atoms with E-state index in [1.54, 1.807) is 0 Å². The van der Waals surface area contributed by atoms with E-state index in [-0.39, 0.29) is 0 Å². The Morgan fingerprint density at radius 2 is 2.11 bits per heavy atom. The molecule has 0 radical (unpaired) electrons. The van der Waals surface area contributed by atoms with Crippen molar-refractivity contribution in [2.24, 2.45) is 5.73 Å². The molecule has 4 heteroatoms. The van der Waals surface area contributed by atoms with Gasteiger partial charge < -0.3 is 15.5 Å². The van der Waals surface area contributed by atoms with Crippen molar-refractivity contribution in [2.45, 2.75) is 25.4 Å². The highest BCUT2D eigenvalue weighted by atomic mass is 15.2. The molecule has 1 saturated heterocycles. The lowest BCUT2D eigenvalue weighted by Gasteiger charge is -2.36. The lowest BCUT2D eigenvalue weighted by atomic mass is 10.0. The summed E-state index contributed by atoms with van der Waals surface area (Å²) in [7, 11) is 4.25. The SMILES string of the molecule is CN1CCC(N(C)c2ccc(CN)cc2C#N)CC1. The zero-order chi connectivity index (χ0) is 13.8. The van der Waals surface area contributed by atoms with Crippen molar-refractivity contribution in [1.82, 2.24) is 4.90 Å². The highest BCUT2D eigenvalue weighted by Crippen LogP contribution is 2.25. The lowest BCUT2D eigenvalue weighted by molar-refractivity contribution is 0.253. The van der Waals surface area contributed by atoms with Crippen LogP contribution in [0.15, 0.2) is 18.2 Å². The highest BCUT2D eigenvalue weighted by Gasteiger charge is 2.22. The van der Waals surface area contributed by atoms with Gasteiger partial charge in [0.05, 0.1) is 11.3 Å². The van der Waals surface area contributed by atoms with Crippen LogP contribution in [0.1, 0.15) is 24.0 Å². The molecule has 0 unspecified atom stereocenters. The maximum atomic E-state index is 9.30. The molecule has 1 aromatic rings. The van der Waals surface area contributed by atoms with Gasteiger partial charge in [-0.3, -0.25) is 0 Å². The largest absolute Gasteiger partial charge is 0.370 e. The summed E-state index contributed by atoms with van der Waals surface area (Å²) in [6.07, 6.45) is 2.30. The zero-order valence-corrected chi connectivity index (χ0v) is 11.8. The smallest absolute Gasteiger partial charge is 0.101 e. The molecule has 1 aliphatic rings. The molecule has 1 aliphatic heterocycles. The topological polar surface area (TPSA) is 56.3 Å². The van der Waals surface area contributed by atoms with Crippen LogP contribution in [0.4, 0.5) is 5.69 Å². The van der Waals surface area contributed by atoms with Crippen LogP contribution in [0.2, 0.25) is 0 Å². The van der Waals surface area contributed by atoms with E-state index in [2.05, 4.69) is 30.0 Å². The van der Waals surface area contributed by atoms with Crippen LogP contribution in [0.25, 0.3) is 0 Å². The third kappa shape index (κ3) is 3.06. The van der Waals surface area contributed by atoms with Crippen molar-refractivity contribution in [3.05, 3.63) is 29.3 Å². The maximum Gasteiger partial charge on any atom is 0.101 e. The van der Waals surface area contributed by atoms with Crippen LogP contribution in [-0.4, -0.2) is 38.1 Å². The monoisotopic (exact) mass is 258 g/mol. The Bertz CT molecular complexity index is 470. The quantitative estimate of drug-likeness (QED) is 0.893. The maximum absolute atomic E-state index is 9.30. The Labute approximate surface area is 115 Å². The lowest BCUT2D eigenvalue weighted by Crippen LogP contribution is -2.42. The fourth-order valence-electron chi connectivity index (χ4n) is 2.69. The number of nitriles is 1. The second-order valence-corrected chi connectivity index (χ2v) is 5.31. The fraction of sp³-hybridized carbons (Fsp3) is 0.533. The number of anilines is 1. The standard InChI is InChI=1S/C15H22N4/c1-18-7-5-14(6-8-18)19(2)15-4-3-12(10-16)9-13(15)11-17/h3-4,9,14H,5-8,10,16H2,1-2H3. The van der Waals surface area contributed by atoms with Gasteiger partial charge in [0.15, 0.2) is 0 Å². The fourth-order valence-corrected chi connectivity index (χ4v) is 2.69. The molecule has 0 aromatic heterocycles. The number of piperidine rings is 1. The van der Waals surface area contributed by atoms with Crippen LogP contribution in [0, 0.1) is 11.3 Å². The first-order chi connectivity index (χ1) is 9.15. The summed E-state index contributed by atoms with van der Waals surface area (Å²) in [6.45, 7) is 2.72. The molecule has 4 nitrogen and oxygen atoms in total. The van der Waals surface area contributed by atoms with Gasteiger partial charge in [0.25, 0.3) is 0 Å². The Morgan fingerprint density at radius 1 is 1.42 bits per heavy atom. The number of hydrogen-bond donors (Lipinski definition) is 1. The number of rotatable bonds is 3. The molecule has 1 fully saturated rings. The summed E-state index contributed by atoms with van der Waals surface area (Å²) >= 11 is 0. The first-order valence-corrected chi connectivity index (χ1v) is 6.80. The van der Waals surface area contributed by atoms with Crippen LogP contribution in [-0.2, 0) is 6.54 Å². The highest BCUT2D eigenvalue weighted by molar-refractivity contribution is 5.60. The minimum atomic E-state index is 0.479. The van der Waals surface area contributed by atoms with Gasteiger partial charge in [-0.2, -0.15) is 5.26 Å². The molecule has 1 aromatic carbocycles. The van der Waals surface area contributed by atoms with Gasteiger partial charge >= 0.3 is 0 Å². The second-order valence-electron chi connectivity index (χ2n) is 5.31. The third-order valence-electron chi connectivity index (χ3n) is 4.03. The average Bonchev–Trinajstić information content (AvgIpc) is 2.46. The van der Waals surface area contributed by atoms with Gasteiger partial charge in [-0.05, 0) is 50.7 Å². The van der Waals surface area contributed by atoms with Gasteiger partial charge in [-0.15, -0.1) is 0 Å². The minimum Gasteiger partial charge on any atom is -0.370 e. The molecule has 19 heavy (non-hydrogen) atoms. The summed E-state index contributed by atoms with van der Waals surface area (Å²) in [5, 5.41) is 9.30. The molecular formula is C15H22N4. The predicted molar refractivity (Wildman–Crippen MR) is 78.0 cm³/mol. The molecule has 0 amide bonds. The summed E-state index contributed by atoms with van der Waals surface area (Å²) in [5.74, 6) is 0. The molecule has 0 saturated carbocycles. The van der Waals surface area contributed by atoms with Gasteiger partial charge in [0.2, 0.25) is 0 Å². The second kappa shape index (κ2) is 6.05. The number of hydrogen-bond acceptors (Lipinski definition) is 4. The van der Waals surface area contributed by atoms with E-state index in [9.17, 15) is 5.26 Å². The van der Waals surface area contributed by atoms with Crippen molar-refractivity contribution in [3.8, 4) is 6.07 Å². The summed E-state index contributed by atoms with van der Waals surface area (Å²) < 4.78 is 0. The molecule has 102 valence electrons. The van der Waals surface area contributed by atoms with Crippen LogP contribution < -0.4 is 10.6 Å². The Hall–Kier alpha value is -1.57. The van der Waals surface area contributed by atoms with Crippen LogP contribution in [0.5, 0.6) is 0 Å². The first-order valence-electron chi connectivity index (χ1n) is 6.80. The number of nitrogens with zero attached hydrogens (tertiary/aromatic N) is 3. The third-order valence-corrected chi connectivity index (χ3v) is 4.03. The zero-order valence-electron chi connectivity index (χ0n) is 11.8. The van der Waals surface area contributed by atoms with E-state index in [1.807, 2.05) is 18.2 Å². The number of nitrogens with two attached hydrogens (primary N) is 1. The Balaban J connectivity index is 2.19. The van der Waals surface area contributed by atoms with E-state index in [1.165, 1.54) is 0 Å². The van der Waals surface area contributed by atoms with E-state index < -0.39 is 0 Å². The van der Waals surface area contributed by atoms with E-state index >= 15 is 0 Å². The first kappa shape index (κ1) is 13.9. The van der Waals surface area contributed by atoms with Gasteiger partial charge in [-0.25, -0.2) is 0 Å². The van der Waals surface area contributed by atoms with Gasteiger partial charge in [0.1, 0.15) is 6.07 Å². The molecular weight excluding hydrogens is 236 g/mol. The van der Waals surface area contributed by atoms with Crippen LogP contribution in [0.3, 0.4) is 0 Å². The molecule has 1 heterocycles. The van der Waals surface area contributed by atoms with Gasteiger partial charge in [-0.1, -0.05) is 6.07 Å². The molecule has 0 atom stereocenters. The van der Waals surface area contributed by atoms with Gasteiger partial charge in [0, 0.05) is 19.6 Å². The summed E-state index contributed by atoms with van der Waals surface area (Å²) in [5.41, 5.74) is 8.39. The number of benzene rings is 1. The van der Waals surface area contributed by atoms with E-state index in [4.69, 9.17) is 5.73 Å². The van der Waals surface area contributed by atoms with Crippen LogP contribution >= 0.6 is 0 Å². The molecule has 2 N–H and O–H groups in total. The van der Waals surface area contributed by atoms with Crippen molar-refractivity contribution >= 4 is 5.69 Å². The van der Waals surface area contributed by atoms with Crippen molar-refractivity contribution in [2.75, 3.05) is 32.1 Å². The molecule has 0 spiro atoms. The number of likely N-dealkylation sites (tertiary alicyclic amines) is 1. The predicted octanol–water partition coefficient (Wildman–Crippen LogP) is 1.55. The van der Waals surface area contributed by atoms with E-state index in [0.717, 1.165) is 42.7 Å². The van der Waals surface area contributed by atoms with Crippen molar-refractivity contribution in [1.29, 1.82) is 5.26 Å².